The zero-order chi connectivity index (χ0) is 15.3. The smallest absolute Gasteiger partial charge is 0.248 e. The Bertz CT molecular complexity index is 356. The van der Waals surface area contributed by atoms with E-state index in [1.807, 2.05) is 25.7 Å². The maximum Gasteiger partial charge on any atom is 0.248 e. The van der Waals surface area contributed by atoms with Crippen LogP contribution in [0.1, 0.15) is 53.4 Å². The number of carbonyl (C=O) groups excluding carboxylic acids is 2. The second kappa shape index (κ2) is 7.34. The zero-order valence-electron chi connectivity index (χ0n) is 13.4. The Kier molecular flexibility index (Phi) is 6.37. The number of thioether (sulfide) groups is 1. The molecule has 0 saturated carbocycles. The van der Waals surface area contributed by atoms with Gasteiger partial charge in [0.05, 0.1) is 0 Å². The molecule has 1 N–H and O–H groups in total. The van der Waals surface area contributed by atoms with Crippen molar-refractivity contribution in [2.45, 2.75) is 70.2 Å². The molecule has 2 atom stereocenters. The molecule has 2 unspecified atom stereocenters. The lowest BCUT2D eigenvalue weighted by atomic mass is 9.86. The van der Waals surface area contributed by atoms with Gasteiger partial charge in [-0.2, -0.15) is 11.8 Å². The Morgan fingerprint density at radius 3 is 2.35 bits per heavy atom. The van der Waals surface area contributed by atoms with E-state index < -0.39 is 5.54 Å². The van der Waals surface area contributed by atoms with Crippen LogP contribution in [0.2, 0.25) is 0 Å². The molecule has 0 aromatic rings. The first-order valence-corrected chi connectivity index (χ1v) is 8.90. The summed E-state index contributed by atoms with van der Waals surface area (Å²) in [6.45, 7) is 8.74. The molecule has 0 bridgehead atoms. The third-order valence-corrected chi connectivity index (χ3v) is 5.52. The number of carbonyl (C=O) groups is 2. The number of hydrogen-bond donors (Lipinski definition) is 1. The summed E-state index contributed by atoms with van der Waals surface area (Å²) in [6.07, 6.45) is 4.99. The zero-order valence-corrected chi connectivity index (χ0v) is 14.2. The normalized spacial score (nSPS) is 23.6. The molecule has 0 aromatic heterocycles. The van der Waals surface area contributed by atoms with Crippen LogP contribution in [0.15, 0.2) is 0 Å². The molecule has 1 heterocycles. The van der Waals surface area contributed by atoms with E-state index in [4.69, 9.17) is 0 Å². The number of nitrogens with zero attached hydrogens (tertiary/aromatic N) is 1. The standard InChI is InChI=1S/C15H28N2O2S/c1-6-12-13(18)16-15(7-2,8-3)14(19)17(12)10-9-11(4)20-5/h11-12H,6-10H2,1-5H3,(H,16,18). The predicted molar refractivity (Wildman–Crippen MR) is 84.8 cm³/mol. The number of rotatable bonds is 7. The van der Waals surface area contributed by atoms with Crippen LogP contribution in [0.4, 0.5) is 0 Å². The fraction of sp³-hybridized carbons (Fsp3) is 0.867. The van der Waals surface area contributed by atoms with Crippen molar-refractivity contribution in [3.63, 3.8) is 0 Å². The van der Waals surface area contributed by atoms with Gasteiger partial charge in [0.25, 0.3) is 0 Å². The predicted octanol–water partition coefficient (Wildman–Crippen LogP) is 2.42. The van der Waals surface area contributed by atoms with Crippen LogP contribution in [0.25, 0.3) is 0 Å². The third kappa shape index (κ3) is 3.30. The molecular weight excluding hydrogens is 272 g/mol. The largest absolute Gasteiger partial charge is 0.340 e. The summed E-state index contributed by atoms with van der Waals surface area (Å²) in [6, 6.07) is -0.303. The molecule has 1 rings (SSSR count). The van der Waals surface area contributed by atoms with E-state index >= 15 is 0 Å². The number of nitrogens with one attached hydrogen (secondary N) is 1. The van der Waals surface area contributed by atoms with Gasteiger partial charge in [-0.05, 0) is 31.9 Å². The Morgan fingerprint density at radius 1 is 1.30 bits per heavy atom. The average molecular weight is 300 g/mol. The fourth-order valence-electron chi connectivity index (χ4n) is 2.76. The van der Waals surface area contributed by atoms with Crippen molar-refractivity contribution in [2.75, 3.05) is 12.8 Å². The summed E-state index contributed by atoms with van der Waals surface area (Å²) in [7, 11) is 0. The van der Waals surface area contributed by atoms with Crippen LogP contribution >= 0.6 is 11.8 Å². The number of amides is 2. The van der Waals surface area contributed by atoms with Gasteiger partial charge >= 0.3 is 0 Å². The van der Waals surface area contributed by atoms with E-state index in [1.165, 1.54) is 0 Å². The van der Waals surface area contributed by atoms with Gasteiger partial charge in [-0.1, -0.05) is 27.7 Å². The van der Waals surface area contributed by atoms with E-state index in [0.717, 1.165) is 6.42 Å². The lowest BCUT2D eigenvalue weighted by Crippen LogP contribution is -2.70. The first kappa shape index (κ1) is 17.3. The van der Waals surface area contributed by atoms with Crippen molar-refractivity contribution in [1.29, 1.82) is 0 Å². The number of piperazine rings is 1. The minimum atomic E-state index is -0.689. The molecule has 1 aliphatic rings. The highest BCUT2D eigenvalue weighted by atomic mass is 32.2. The number of hydrogen-bond acceptors (Lipinski definition) is 3. The minimum Gasteiger partial charge on any atom is -0.340 e. The van der Waals surface area contributed by atoms with Crippen molar-refractivity contribution >= 4 is 23.6 Å². The fourth-order valence-corrected chi connectivity index (χ4v) is 3.10. The quantitative estimate of drug-likeness (QED) is 0.785. The van der Waals surface area contributed by atoms with E-state index in [-0.39, 0.29) is 17.9 Å². The molecule has 0 aliphatic carbocycles. The van der Waals surface area contributed by atoms with E-state index in [0.29, 0.717) is 31.1 Å². The summed E-state index contributed by atoms with van der Waals surface area (Å²) in [5, 5.41) is 3.48. The Morgan fingerprint density at radius 2 is 1.90 bits per heavy atom. The van der Waals surface area contributed by atoms with Gasteiger partial charge in [0.1, 0.15) is 11.6 Å². The van der Waals surface area contributed by atoms with Gasteiger partial charge in [0.2, 0.25) is 11.8 Å². The Balaban J connectivity index is 2.94. The molecule has 20 heavy (non-hydrogen) atoms. The van der Waals surface area contributed by atoms with Crippen molar-refractivity contribution in [3.05, 3.63) is 0 Å². The van der Waals surface area contributed by atoms with Crippen LogP contribution in [0.3, 0.4) is 0 Å². The van der Waals surface area contributed by atoms with E-state index in [1.54, 1.807) is 11.8 Å². The van der Waals surface area contributed by atoms with Crippen molar-refractivity contribution in [2.24, 2.45) is 0 Å². The van der Waals surface area contributed by atoms with Gasteiger partial charge in [0, 0.05) is 11.8 Å². The molecule has 1 saturated heterocycles. The van der Waals surface area contributed by atoms with Gasteiger partial charge in [-0.25, -0.2) is 0 Å². The van der Waals surface area contributed by atoms with Crippen LogP contribution in [0.5, 0.6) is 0 Å². The SMILES string of the molecule is CCC1C(=O)NC(CC)(CC)C(=O)N1CCC(C)SC. The molecule has 116 valence electrons. The molecule has 0 spiro atoms. The Labute approximate surface area is 127 Å². The summed E-state index contributed by atoms with van der Waals surface area (Å²) in [5.41, 5.74) is -0.689. The van der Waals surface area contributed by atoms with Crippen LogP contribution < -0.4 is 5.32 Å². The molecule has 5 heteroatoms. The summed E-state index contributed by atoms with van der Waals surface area (Å²) in [4.78, 5) is 27.0. The monoisotopic (exact) mass is 300 g/mol. The van der Waals surface area contributed by atoms with Gasteiger partial charge in [-0.3, -0.25) is 9.59 Å². The molecule has 4 nitrogen and oxygen atoms in total. The topological polar surface area (TPSA) is 49.4 Å². The highest BCUT2D eigenvalue weighted by Crippen LogP contribution is 2.27. The molecule has 0 aromatic carbocycles. The van der Waals surface area contributed by atoms with Crippen LogP contribution in [-0.4, -0.2) is 46.3 Å². The highest BCUT2D eigenvalue weighted by molar-refractivity contribution is 7.99. The average Bonchev–Trinajstić information content (AvgIpc) is 2.47. The van der Waals surface area contributed by atoms with Gasteiger partial charge in [0.15, 0.2) is 0 Å². The maximum absolute atomic E-state index is 12.8. The molecule has 2 amide bonds. The third-order valence-electron chi connectivity index (χ3n) is 4.48. The van der Waals surface area contributed by atoms with E-state index in [9.17, 15) is 9.59 Å². The van der Waals surface area contributed by atoms with Gasteiger partial charge in [-0.15, -0.1) is 0 Å². The highest BCUT2D eigenvalue weighted by Gasteiger charge is 2.47. The van der Waals surface area contributed by atoms with E-state index in [2.05, 4.69) is 18.5 Å². The van der Waals surface area contributed by atoms with Crippen molar-refractivity contribution in [1.82, 2.24) is 10.2 Å². The van der Waals surface area contributed by atoms with Crippen LogP contribution in [0, 0.1) is 0 Å². The lowest BCUT2D eigenvalue weighted by molar-refractivity contribution is -0.155. The molecule has 1 fully saturated rings. The maximum atomic E-state index is 12.8. The first-order chi connectivity index (χ1) is 9.45. The molecule has 0 radical (unpaired) electrons. The minimum absolute atomic E-state index is 0.00704. The lowest BCUT2D eigenvalue weighted by Gasteiger charge is -2.45. The summed E-state index contributed by atoms with van der Waals surface area (Å²) >= 11 is 1.80. The second-order valence-corrected chi connectivity index (χ2v) is 6.81. The Hall–Kier alpha value is -0.710. The first-order valence-electron chi connectivity index (χ1n) is 7.61. The molecule has 1 aliphatic heterocycles. The summed E-state index contributed by atoms with van der Waals surface area (Å²) in [5.74, 6) is 0.106. The molecular formula is C15H28N2O2S. The second-order valence-electron chi connectivity index (χ2n) is 5.54. The van der Waals surface area contributed by atoms with Gasteiger partial charge < -0.3 is 10.2 Å². The van der Waals surface area contributed by atoms with Crippen molar-refractivity contribution < 1.29 is 9.59 Å². The van der Waals surface area contributed by atoms with Crippen molar-refractivity contribution in [3.8, 4) is 0 Å². The van der Waals surface area contributed by atoms with Crippen LogP contribution in [-0.2, 0) is 9.59 Å². The summed E-state index contributed by atoms with van der Waals surface area (Å²) < 4.78 is 0.